The van der Waals surface area contributed by atoms with Gasteiger partial charge in [0.05, 0.1) is 0 Å². The van der Waals surface area contributed by atoms with Crippen molar-refractivity contribution >= 4 is 5.78 Å². The lowest BCUT2D eigenvalue weighted by molar-refractivity contribution is -0.140. The van der Waals surface area contributed by atoms with Crippen LogP contribution in [0.3, 0.4) is 0 Å². The number of fused-ring (bicyclic) bond motifs is 2. The van der Waals surface area contributed by atoms with E-state index in [2.05, 4.69) is 27.7 Å². The average Bonchev–Trinajstić information content (AvgIpc) is 2.77. The SMILES string of the molecule is CC(C)[C@@]12CC[C@@]3(C)CCC1[C@]2(C)C3=O. The predicted octanol–water partition coefficient (Wildman–Crippen LogP) is 3.43. The highest BCUT2D eigenvalue weighted by Crippen LogP contribution is 2.83. The van der Waals surface area contributed by atoms with Crippen LogP contribution in [-0.4, -0.2) is 5.78 Å². The monoisotopic (exact) mass is 206 g/mol. The highest BCUT2D eigenvalue weighted by Gasteiger charge is 2.82. The summed E-state index contributed by atoms with van der Waals surface area (Å²) in [7, 11) is 0. The van der Waals surface area contributed by atoms with Gasteiger partial charge in [0, 0.05) is 10.8 Å². The molecule has 4 atom stereocenters. The molecule has 1 heteroatoms. The molecule has 0 aromatic heterocycles. The van der Waals surface area contributed by atoms with Gasteiger partial charge in [-0.3, -0.25) is 4.79 Å². The third kappa shape index (κ3) is 0.755. The molecule has 3 saturated carbocycles. The van der Waals surface area contributed by atoms with Crippen LogP contribution in [0.4, 0.5) is 0 Å². The Morgan fingerprint density at radius 1 is 1.20 bits per heavy atom. The summed E-state index contributed by atoms with van der Waals surface area (Å²) in [6, 6.07) is 0. The van der Waals surface area contributed by atoms with Crippen LogP contribution >= 0.6 is 0 Å². The van der Waals surface area contributed by atoms with Crippen LogP contribution in [0.25, 0.3) is 0 Å². The van der Waals surface area contributed by atoms with Crippen molar-refractivity contribution < 1.29 is 4.79 Å². The van der Waals surface area contributed by atoms with Crippen molar-refractivity contribution in [2.24, 2.45) is 28.1 Å². The fourth-order valence-corrected chi connectivity index (χ4v) is 5.39. The van der Waals surface area contributed by atoms with E-state index in [0.29, 0.717) is 23.0 Å². The molecular formula is C14H22O. The molecular weight excluding hydrogens is 184 g/mol. The highest BCUT2D eigenvalue weighted by molar-refractivity contribution is 5.96. The molecule has 1 unspecified atom stereocenters. The van der Waals surface area contributed by atoms with Crippen LogP contribution in [0.5, 0.6) is 0 Å². The molecule has 15 heavy (non-hydrogen) atoms. The van der Waals surface area contributed by atoms with E-state index in [-0.39, 0.29) is 10.8 Å². The molecule has 0 saturated heterocycles. The second-order valence-corrected chi connectivity index (χ2v) is 6.88. The molecule has 0 amide bonds. The Morgan fingerprint density at radius 2 is 1.87 bits per heavy atom. The van der Waals surface area contributed by atoms with E-state index in [9.17, 15) is 4.79 Å². The number of carbonyl (C=O) groups excluding carboxylic acids is 1. The van der Waals surface area contributed by atoms with Gasteiger partial charge in [0.15, 0.2) is 0 Å². The third-order valence-electron chi connectivity index (χ3n) is 6.33. The van der Waals surface area contributed by atoms with E-state index in [1.807, 2.05) is 0 Å². The molecule has 0 radical (unpaired) electrons. The van der Waals surface area contributed by atoms with Crippen molar-refractivity contribution in [2.45, 2.75) is 53.4 Å². The van der Waals surface area contributed by atoms with Gasteiger partial charge >= 0.3 is 0 Å². The highest BCUT2D eigenvalue weighted by atomic mass is 16.1. The lowest BCUT2D eigenvalue weighted by atomic mass is 9.61. The summed E-state index contributed by atoms with van der Waals surface area (Å²) >= 11 is 0. The van der Waals surface area contributed by atoms with Gasteiger partial charge in [-0.15, -0.1) is 0 Å². The smallest absolute Gasteiger partial charge is 0.145 e. The second kappa shape index (κ2) is 2.33. The summed E-state index contributed by atoms with van der Waals surface area (Å²) in [6.45, 7) is 9.11. The molecule has 3 aliphatic rings. The number of ketones is 1. The van der Waals surface area contributed by atoms with Crippen LogP contribution < -0.4 is 0 Å². The normalized spacial score (nSPS) is 57.1. The number of carbonyl (C=O) groups is 1. The van der Waals surface area contributed by atoms with Crippen molar-refractivity contribution in [1.82, 2.24) is 0 Å². The minimum absolute atomic E-state index is 0.0418. The van der Waals surface area contributed by atoms with Crippen molar-refractivity contribution in [3.8, 4) is 0 Å². The van der Waals surface area contributed by atoms with Gasteiger partial charge in [-0.25, -0.2) is 0 Å². The van der Waals surface area contributed by atoms with Crippen LogP contribution in [0, 0.1) is 28.1 Å². The molecule has 0 N–H and O–H groups in total. The van der Waals surface area contributed by atoms with Crippen molar-refractivity contribution in [3.05, 3.63) is 0 Å². The first-order valence-corrected chi connectivity index (χ1v) is 6.44. The Hall–Kier alpha value is -0.330. The summed E-state index contributed by atoms with van der Waals surface area (Å²) in [4.78, 5) is 12.6. The molecule has 0 heterocycles. The molecule has 3 fully saturated rings. The first kappa shape index (κ1) is 9.86. The molecule has 0 aromatic rings. The van der Waals surface area contributed by atoms with Crippen LogP contribution in [0.1, 0.15) is 53.4 Å². The van der Waals surface area contributed by atoms with Gasteiger partial charge in [0.1, 0.15) is 5.78 Å². The molecule has 1 nitrogen and oxygen atoms in total. The van der Waals surface area contributed by atoms with E-state index >= 15 is 0 Å². The van der Waals surface area contributed by atoms with E-state index < -0.39 is 0 Å². The van der Waals surface area contributed by atoms with Gasteiger partial charge in [-0.05, 0) is 42.9 Å². The Balaban J connectivity index is 2.10. The Bertz CT molecular complexity index is 345. The second-order valence-electron chi connectivity index (χ2n) is 6.88. The van der Waals surface area contributed by atoms with Crippen molar-refractivity contribution in [3.63, 3.8) is 0 Å². The number of Topliss-reactive ketones (excluding diaryl/α,β-unsaturated/α-hetero) is 1. The number of hydrogen-bond acceptors (Lipinski definition) is 1. The molecule has 0 aromatic carbocycles. The lowest BCUT2D eigenvalue weighted by Crippen LogP contribution is -2.43. The molecule has 0 spiro atoms. The molecule has 3 aliphatic carbocycles. The van der Waals surface area contributed by atoms with E-state index in [1.165, 1.54) is 12.8 Å². The Labute approximate surface area is 92.6 Å². The fourth-order valence-electron chi connectivity index (χ4n) is 5.39. The summed E-state index contributed by atoms with van der Waals surface area (Å²) in [5.41, 5.74) is 0.493. The zero-order chi connectivity index (χ0) is 11.1. The quantitative estimate of drug-likeness (QED) is 0.642. The fraction of sp³-hybridized carbons (Fsp3) is 0.929. The van der Waals surface area contributed by atoms with Gasteiger partial charge in [-0.2, -0.15) is 0 Å². The summed E-state index contributed by atoms with van der Waals surface area (Å²) in [6.07, 6.45) is 4.90. The minimum Gasteiger partial charge on any atom is -0.298 e. The number of rotatable bonds is 1. The Morgan fingerprint density at radius 3 is 2.47 bits per heavy atom. The lowest BCUT2D eigenvalue weighted by Gasteiger charge is -2.41. The molecule has 3 rings (SSSR count). The minimum atomic E-state index is 0.0418. The van der Waals surface area contributed by atoms with Gasteiger partial charge < -0.3 is 0 Å². The van der Waals surface area contributed by atoms with E-state index in [0.717, 1.165) is 12.8 Å². The topological polar surface area (TPSA) is 17.1 Å². The first-order valence-electron chi connectivity index (χ1n) is 6.44. The maximum absolute atomic E-state index is 12.6. The zero-order valence-electron chi connectivity index (χ0n) is 10.4. The largest absolute Gasteiger partial charge is 0.298 e. The Kier molecular flexibility index (Phi) is 1.53. The van der Waals surface area contributed by atoms with E-state index in [1.54, 1.807) is 0 Å². The average molecular weight is 206 g/mol. The molecule has 84 valence electrons. The third-order valence-corrected chi connectivity index (χ3v) is 6.33. The summed E-state index contributed by atoms with van der Waals surface area (Å²) in [5.74, 6) is 2.00. The maximum atomic E-state index is 12.6. The molecule has 0 aliphatic heterocycles. The van der Waals surface area contributed by atoms with E-state index in [4.69, 9.17) is 0 Å². The van der Waals surface area contributed by atoms with Crippen LogP contribution in [-0.2, 0) is 4.79 Å². The maximum Gasteiger partial charge on any atom is 0.145 e. The van der Waals surface area contributed by atoms with Gasteiger partial charge in [0.2, 0.25) is 0 Å². The van der Waals surface area contributed by atoms with Gasteiger partial charge in [-0.1, -0.05) is 27.7 Å². The molecule has 2 bridgehead atoms. The summed E-state index contributed by atoms with van der Waals surface area (Å²) < 4.78 is 0. The van der Waals surface area contributed by atoms with Crippen molar-refractivity contribution in [2.75, 3.05) is 0 Å². The zero-order valence-corrected chi connectivity index (χ0v) is 10.4. The number of hydrogen-bond donors (Lipinski definition) is 0. The standard InChI is InChI=1S/C14H22O/c1-9(2)14-8-7-12(3)6-5-10(14)13(14,4)11(12)15/h9-10H,5-8H2,1-4H3/t10?,12-,13-,14+/m1/s1. The van der Waals surface area contributed by atoms with Crippen LogP contribution in [0.2, 0.25) is 0 Å². The van der Waals surface area contributed by atoms with Gasteiger partial charge in [0.25, 0.3) is 0 Å². The van der Waals surface area contributed by atoms with Crippen molar-refractivity contribution in [1.29, 1.82) is 0 Å². The first-order chi connectivity index (χ1) is 6.89. The van der Waals surface area contributed by atoms with Crippen LogP contribution in [0.15, 0.2) is 0 Å². The summed E-state index contributed by atoms with van der Waals surface area (Å²) in [5, 5.41) is 0. The predicted molar refractivity (Wildman–Crippen MR) is 60.5 cm³/mol.